The summed E-state index contributed by atoms with van der Waals surface area (Å²) in [6.07, 6.45) is 0. The predicted octanol–water partition coefficient (Wildman–Crippen LogP) is 3.35. The van der Waals surface area contributed by atoms with E-state index in [0.717, 1.165) is 22.0 Å². The number of anilines is 1. The fourth-order valence-corrected chi connectivity index (χ4v) is 4.11. The number of benzene rings is 2. The molecule has 1 N–H and O–H groups in total. The zero-order chi connectivity index (χ0) is 18.2. The highest BCUT2D eigenvalue weighted by Crippen LogP contribution is 2.31. The van der Waals surface area contributed by atoms with Gasteiger partial charge in [0, 0.05) is 30.1 Å². The fourth-order valence-electron chi connectivity index (χ4n) is 2.98. The molecule has 0 aliphatic rings. The van der Waals surface area contributed by atoms with E-state index in [9.17, 15) is 8.42 Å². The highest BCUT2D eigenvalue weighted by atomic mass is 32.2. The first-order valence-corrected chi connectivity index (χ1v) is 9.58. The van der Waals surface area contributed by atoms with Crippen LogP contribution < -0.4 is 4.72 Å². The van der Waals surface area contributed by atoms with Crippen LogP contribution in [0.1, 0.15) is 11.1 Å². The Labute approximate surface area is 148 Å². The summed E-state index contributed by atoms with van der Waals surface area (Å²) in [5.41, 5.74) is 3.00. The van der Waals surface area contributed by atoms with Crippen molar-refractivity contribution < 1.29 is 8.42 Å². The van der Waals surface area contributed by atoms with E-state index in [1.165, 1.54) is 0 Å². The standard InChI is InChI=1S/C19H23N3O2S/c1-14-9-11-15(12-10-14)25(23,24)20-19-17(13-21(2)3)16-7-5-6-8-18(16)22(19)4/h5-12,20H,13H2,1-4H3. The second-order valence-electron chi connectivity index (χ2n) is 6.56. The third kappa shape index (κ3) is 3.41. The molecule has 0 radical (unpaired) electrons. The van der Waals surface area contributed by atoms with Crippen molar-refractivity contribution in [3.63, 3.8) is 0 Å². The molecule has 3 rings (SSSR count). The highest BCUT2D eigenvalue weighted by Gasteiger charge is 2.21. The monoisotopic (exact) mass is 357 g/mol. The molecule has 0 saturated heterocycles. The van der Waals surface area contributed by atoms with Crippen LogP contribution in [0.5, 0.6) is 0 Å². The Balaban J connectivity index is 2.11. The second kappa shape index (κ2) is 6.54. The van der Waals surface area contributed by atoms with E-state index in [1.807, 2.05) is 61.8 Å². The molecule has 132 valence electrons. The number of hydrogen-bond acceptors (Lipinski definition) is 3. The SMILES string of the molecule is Cc1ccc(S(=O)(=O)Nc2c(CN(C)C)c3ccccc3n2C)cc1. The topological polar surface area (TPSA) is 54.3 Å². The van der Waals surface area contributed by atoms with Gasteiger partial charge in [0.15, 0.2) is 0 Å². The molecule has 0 amide bonds. The smallest absolute Gasteiger partial charge is 0.263 e. The van der Waals surface area contributed by atoms with Gasteiger partial charge in [-0.25, -0.2) is 8.42 Å². The van der Waals surface area contributed by atoms with Crippen molar-refractivity contribution in [2.75, 3.05) is 18.8 Å². The highest BCUT2D eigenvalue weighted by molar-refractivity contribution is 7.92. The average Bonchev–Trinajstić information content (AvgIpc) is 2.81. The van der Waals surface area contributed by atoms with Crippen LogP contribution in [0.3, 0.4) is 0 Å². The van der Waals surface area contributed by atoms with Crippen LogP contribution in [-0.2, 0) is 23.6 Å². The van der Waals surface area contributed by atoms with E-state index in [4.69, 9.17) is 0 Å². The lowest BCUT2D eigenvalue weighted by atomic mass is 10.1. The van der Waals surface area contributed by atoms with Crippen molar-refractivity contribution in [1.29, 1.82) is 0 Å². The molecule has 25 heavy (non-hydrogen) atoms. The Morgan fingerprint density at radius 2 is 1.68 bits per heavy atom. The molecule has 2 aromatic carbocycles. The maximum atomic E-state index is 12.8. The van der Waals surface area contributed by atoms with E-state index in [0.29, 0.717) is 12.4 Å². The van der Waals surface area contributed by atoms with E-state index >= 15 is 0 Å². The average molecular weight is 357 g/mol. The minimum atomic E-state index is -3.65. The molecule has 0 aliphatic heterocycles. The first-order chi connectivity index (χ1) is 11.8. The molecule has 1 aromatic heterocycles. The lowest BCUT2D eigenvalue weighted by Crippen LogP contribution is -2.18. The van der Waals surface area contributed by atoms with Crippen LogP contribution in [-0.4, -0.2) is 32.0 Å². The van der Waals surface area contributed by atoms with Gasteiger partial charge < -0.3 is 9.47 Å². The molecule has 1 heterocycles. The zero-order valence-corrected chi connectivity index (χ0v) is 15.8. The number of rotatable bonds is 5. The molecule has 0 unspecified atom stereocenters. The number of hydrogen-bond donors (Lipinski definition) is 1. The number of aryl methyl sites for hydroxylation is 2. The Hall–Kier alpha value is -2.31. The molecule has 0 saturated carbocycles. The summed E-state index contributed by atoms with van der Waals surface area (Å²) in [6.45, 7) is 2.58. The van der Waals surface area contributed by atoms with E-state index < -0.39 is 10.0 Å². The van der Waals surface area contributed by atoms with Crippen molar-refractivity contribution in [3.8, 4) is 0 Å². The van der Waals surface area contributed by atoms with Gasteiger partial charge in [-0.15, -0.1) is 0 Å². The molecule has 0 aliphatic carbocycles. The van der Waals surface area contributed by atoms with Crippen molar-refractivity contribution in [3.05, 3.63) is 59.7 Å². The van der Waals surface area contributed by atoms with Crippen molar-refractivity contribution in [1.82, 2.24) is 9.47 Å². The van der Waals surface area contributed by atoms with Crippen LogP contribution >= 0.6 is 0 Å². The van der Waals surface area contributed by atoms with Crippen molar-refractivity contribution >= 4 is 26.7 Å². The third-order valence-electron chi connectivity index (χ3n) is 4.25. The number of nitrogens with zero attached hydrogens (tertiary/aromatic N) is 2. The molecule has 0 bridgehead atoms. The van der Waals surface area contributed by atoms with E-state index in [-0.39, 0.29) is 4.90 Å². The van der Waals surface area contributed by atoms with E-state index in [1.54, 1.807) is 24.3 Å². The van der Waals surface area contributed by atoms with Gasteiger partial charge in [0.25, 0.3) is 10.0 Å². The van der Waals surface area contributed by atoms with Crippen LogP contribution in [0.15, 0.2) is 53.4 Å². The van der Waals surface area contributed by atoms with Crippen LogP contribution in [0.2, 0.25) is 0 Å². The Bertz CT molecular complexity index is 1000. The van der Waals surface area contributed by atoms with Gasteiger partial charge in [-0.3, -0.25) is 4.72 Å². The number of nitrogens with one attached hydrogen (secondary N) is 1. The lowest BCUT2D eigenvalue weighted by molar-refractivity contribution is 0.404. The number of fused-ring (bicyclic) bond motifs is 1. The van der Waals surface area contributed by atoms with Crippen LogP contribution in [0.25, 0.3) is 10.9 Å². The molecular formula is C19H23N3O2S. The zero-order valence-electron chi connectivity index (χ0n) is 14.9. The first kappa shape index (κ1) is 17.5. The van der Waals surface area contributed by atoms with Crippen LogP contribution in [0.4, 0.5) is 5.82 Å². The van der Waals surface area contributed by atoms with Gasteiger partial charge in [-0.05, 0) is 39.2 Å². The van der Waals surface area contributed by atoms with Gasteiger partial charge in [0.1, 0.15) is 5.82 Å². The number of para-hydroxylation sites is 1. The minimum Gasteiger partial charge on any atom is -0.330 e. The Morgan fingerprint density at radius 3 is 2.32 bits per heavy atom. The Morgan fingerprint density at radius 1 is 1.04 bits per heavy atom. The maximum Gasteiger partial charge on any atom is 0.263 e. The van der Waals surface area contributed by atoms with Gasteiger partial charge in [0.05, 0.1) is 4.90 Å². The fraction of sp³-hybridized carbons (Fsp3) is 0.263. The van der Waals surface area contributed by atoms with Gasteiger partial charge in [0.2, 0.25) is 0 Å². The van der Waals surface area contributed by atoms with Crippen molar-refractivity contribution in [2.45, 2.75) is 18.4 Å². The summed E-state index contributed by atoms with van der Waals surface area (Å²) >= 11 is 0. The predicted molar refractivity (Wildman–Crippen MR) is 102 cm³/mol. The first-order valence-electron chi connectivity index (χ1n) is 8.10. The molecule has 0 fully saturated rings. The summed E-state index contributed by atoms with van der Waals surface area (Å²) in [5, 5.41) is 1.06. The third-order valence-corrected chi connectivity index (χ3v) is 5.60. The maximum absolute atomic E-state index is 12.8. The summed E-state index contributed by atoms with van der Waals surface area (Å²) in [5.74, 6) is 0.607. The second-order valence-corrected chi connectivity index (χ2v) is 8.24. The molecule has 3 aromatic rings. The minimum absolute atomic E-state index is 0.263. The molecule has 5 nitrogen and oxygen atoms in total. The van der Waals surface area contributed by atoms with Gasteiger partial charge >= 0.3 is 0 Å². The Kier molecular flexibility index (Phi) is 4.58. The number of sulfonamides is 1. The molecular weight excluding hydrogens is 334 g/mol. The molecule has 6 heteroatoms. The number of aromatic nitrogens is 1. The van der Waals surface area contributed by atoms with Crippen molar-refractivity contribution in [2.24, 2.45) is 7.05 Å². The van der Waals surface area contributed by atoms with Gasteiger partial charge in [-0.2, -0.15) is 0 Å². The summed E-state index contributed by atoms with van der Waals surface area (Å²) in [6, 6.07) is 14.8. The molecule has 0 spiro atoms. The normalized spacial score (nSPS) is 12.0. The van der Waals surface area contributed by atoms with E-state index in [2.05, 4.69) is 4.72 Å². The lowest BCUT2D eigenvalue weighted by Gasteiger charge is -2.14. The quantitative estimate of drug-likeness (QED) is 0.762. The summed E-state index contributed by atoms with van der Waals surface area (Å²) < 4.78 is 30.4. The summed E-state index contributed by atoms with van der Waals surface area (Å²) in [7, 11) is 2.18. The largest absolute Gasteiger partial charge is 0.330 e. The molecule has 0 atom stereocenters. The summed E-state index contributed by atoms with van der Waals surface area (Å²) in [4.78, 5) is 2.30. The van der Waals surface area contributed by atoms with Gasteiger partial charge in [-0.1, -0.05) is 35.9 Å². The van der Waals surface area contributed by atoms with Crippen LogP contribution in [0, 0.1) is 6.92 Å².